The fourth-order valence-corrected chi connectivity index (χ4v) is 2.12. The van der Waals surface area contributed by atoms with Gasteiger partial charge in [0.1, 0.15) is 0 Å². The molecule has 0 aliphatic carbocycles. The Hall–Kier alpha value is 0.170. The highest BCUT2D eigenvalue weighted by Gasteiger charge is 2.13. The van der Waals surface area contributed by atoms with Crippen LogP contribution in [0.25, 0.3) is 0 Å². The third-order valence-corrected chi connectivity index (χ3v) is 3.34. The summed E-state index contributed by atoms with van der Waals surface area (Å²) in [6.45, 7) is 3.16. The Morgan fingerprint density at radius 2 is 0.944 bits per heavy atom. The summed E-state index contributed by atoms with van der Waals surface area (Å²) in [5.41, 5.74) is 0. The van der Waals surface area contributed by atoms with E-state index in [1.54, 1.807) is 0 Å². The first-order valence-electron chi connectivity index (χ1n) is 7.16. The lowest BCUT2D eigenvalue weighted by atomic mass is 10.1. The molecule has 0 bridgehead atoms. The van der Waals surface area contributed by atoms with Crippen molar-refractivity contribution < 1.29 is 27.1 Å². The van der Waals surface area contributed by atoms with Gasteiger partial charge in [-0.2, -0.15) is 0 Å². The van der Waals surface area contributed by atoms with Crippen molar-refractivity contribution >= 4 is 0 Å². The Bertz CT molecular complexity index is 150. The summed E-state index contributed by atoms with van der Waals surface area (Å²) >= 11 is 0. The van der Waals surface area contributed by atoms with Crippen molar-refractivity contribution in [3.8, 4) is 0 Å². The number of nitrogens with zero attached hydrogens (tertiary/aromatic N) is 1. The molecule has 0 heterocycles. The maximum Gasteiger partial charge on any atom is 0.0782 e. The van der Waals surface area contributed by atoms with Gasteiger partial charge in [0, 0.05) is 13.2 Å². The molecular formula is C14H32ClNO2. The van der Waals surface area contributed by atoms with E-state index in [1.807, 2.05) is 0 Å². The van der Waals surface area contributed by atoms with E-state index >= 15 is 0 Å². The van der Waals surface area contributed by atoms with E-state index in [9.17, 15) is 0 Å². The smallest absolute Gasteiger partial charge is 0.0782 e. The molecule has 0 spiro atoms. The Balaban J connectivity index is 0. The lowest BCUT2D eigenvalue weighted by molar-refractivity contribution is -0.890. The standard InChI is InChI=1S/C14H32NO2.ClH/c1-15(2,11-7-3-5-9-13-16)12-8-4-6-10-14-17;/h16-17H,3-14H2,1-2H3;1H/q+1;/p-1. The zero-order chi connectivity index (χ0) is 13.0. The van der Waals surface area contributed by atoms with E-state index in [-0.39, 0.29) is 12.4 Å². The summed E-state index contributed by atoms with van der Waals surface area (Å²) in [6.07, 6.45) is 9.25. The van der Waals surface area contributed by atoms with Crippen LogP contribution in [0.3, 0.4) is 0 Å². The van der Waals surface area contributed by atoms with Crippen LogP contribution in [0.5, 0.6) is 0 Å². The Labute approximate surface area is 119 Å². The second-order valence-electron chi connectivity index (χ2n) is 5.66. The fourth-order valence-electron chi connectivity index (χ4n) is 2.12. The van der Waals surface area contributed by atoms with E-state index in [2.05, 4.69) is 14.1 Å². The number of hydrogen-bond acceptors (Lipinski definition) is 2. The molecule has 0 aromatic heterocycles. The van der Waals surface area contributed by atoms with Crippen molar-refractivity contribution in [3.05, 3.63) is 0 Å². The van der Waals surface area contributed by atoms with Crippen LogP contribution in [0.4, 0.5) is 0 Å². The number of hydrogen-bond donors (Lipinski definition) is 2. The van der Waals surface area contributed by atoms with Crippen molar-refractivity contribution in [1.82, 2.24) is 0 Å². The summed E-state index contributed by atoms with van der Waals surface area (Å²) in [5.74, 6) is 0. The van der Waals surface area contributed by atoms with E-state index in [0.717, 1.165) is 30.2 Å². The largest absolute Gasteiger partial charge is 1.00 e. The van der Waals surface area contributed by atoms with Crippen LogP contribution in [0.1, 0.15) is 51.4 Å². The fraction of sp³-hybridized carbons (Fsp3) is 1.00. The number of rotatable bonds is 12. The molecule has 0 saturated heterocycles. The molecule has 3 nitrogen and oxygen atoms in total. The lowest BCUT2D eigenvalue weighted by Gasteiger charge is -2.30. The Kier molecular flexibility index (Phi) is 15.5. The summed E-state index contributed by atoms with van der Waals surface area (Å²) < 4.78 is 1.11. The topological polar surface area (TPSA) is 40.5 Å². The third kappa shape index (κ3) is 14.2. The highest BCUT2D eigenvalue weighted by Crippen LogP contribution is 2.08. The van der Waals surface area contributed by atoms with Gasteiger partial charge in [-0.25, -0.2) is 0 Å². The van der Waals surface area contributed by atoms with Crippen LogP contribution >= 0.6 is 0 Å². The summed E-state index contributed by atoms with van der Waals surface area (Å²) in [4.78, 5) is 0. The van der Waals surface area contributed by atoms with Crippen molar-refractivity contribution in [3.63, 3.8) is 0 Å². The first kappa shape index (κ1) is 20.5. The van der Waals surface area contributed by atoms with Gasteiger partial charge in [-0.3, -0.25) is 0 Å². The first-order chi connectivity index (χ1) is 8.12. The molecule has 0 aliphatic rings. The summed E-state index contributed by atoms with van der Waals surface area (Å²) in [5, 5.41) is 17.4. The number of halogens is 1. The molecule has 0 atom stereocenters. The third-order valence-electron chi connectivity index (χ3n) is 3.34. The van der Waals surface area contributed by atoms with Gasteiger partial charge in [0.15, 0.2) is 0 Å². The molecule has 0 amide bonds. The van der Waals surface area contributed by atoms with Crippen LogP contribution in [0, 0.1) is 0 Å². The van der Waals surface area contributed by atoms with Gasteiger partial charge in [-0.1, -0.05) is 12.8 Å². The molecule has 0 fully saturated rings. The van der Waals surface area contributed by atoms with Gasteiger partial charge in [-0.05, 0) is 38.5 Å². The molecule has 2 N–H and O–H groups in total. The monoisotopic (exact) mass is 281 g/mol. The summed E-state index contributed by atoms with van der Waals surface area (Å²) in [7, 11) is 4.61. The van der Waals surface area contributed by atoms with Crippen LogP contribution in [0.15, 0.2) is 0 Å². The SMILES string of the molecule is C[N+](C)(CCCCCCO)CCCCCCO.[Cl-]. The zero-order valence-corrected chi connectivity index (χ0v) is 13.0. The highest BCUT2D eigenvalue weighted by molar-refractivity contribution is 4.45. The highest BCUT2D eigenvalue weighted by atomic mass is 35.5. The molecule has 0 aliphatic heterocycles. The van der Waals surface area contributed by atoms with Gasteiger partial charge in [0.2, 0.25) is 0 Å². The minimum atomic E-state index is 0. The van der Waals surface area contributed by atoms with Gasteiger partial charge in [0.05, 0.1) is 27.2 Å². The maximum atomic E-state index is 8.69. The van der Waals surface area contributed by atoms with Crippen LogP contribution in [0.2, 0.25) is 0 Å². The van der Waals surface area contributed by atoms with Crippen molar-refractivity contribution in [1.29, 1.82) is 0 Å². The second kappa shape index (κ2) is 13.6. The minimum absolute atomic E-state index is 0. The Morgan fingerprint density at radius 3 is 1.28 bits per heavy atom. The van der Waals surface area contributed by atoms with E-state index < -0.39 is 0 Å². The van der Waals surface area contributed by atoms with Crippen LogP contribution in [-0.2, 0) is 0 Å². The lowest BCUT2D eigenvalue weighted by Crippen LogP contribution is -3.00. The first-order valence-corrected chi connectivity index (χ1v) is 7.16. The summed E-state index contributed by atoms with van der Waals surface area (Å²) in [6, 6.07) is 0. The molecule has 112 valence electrons. The molecular weight excluding hydrogens is 250 g/mol. The second-order valence-corrected chi connectivity index (χ2v) is 5.66. The van der Waals surface area contributed by atoms with Crippen molar-refractivity contribution in [2.24, 2.45) is 0 Å². The molecule has 0 rings (SSSR count). The number of unbranched alkanes of at least 4 members (excludes halogenated alkanes) is 6. The average molecular weight is 282 g/mol. The van der Waals surface area contributed by atoms with Crippen LogP contribution < -0.4 is 12.4 Å². The van der Waals surface area contributed by atoms with Gasteiger partial charge < -0.3 is 27.1 Å². The molecule has 0 aromatic rings. The van der Waals surface area contributed by atoms with Crippen molar-refractivity contribution in [2.75, 3.05) is 40.4 Å². The Morgan fingerprint density at radius 1 is 0.611 bits per heavy atom. The molecule has 18 heavy (non-hydrogen) atoms. The molecule has 0 saturated carbocycles. The number of aliphatic hydroxyl groups is 2. The van der Waals surface area contributed by atoms with E-state index in [4.69, 9.17) is 10.2 Å². The molecule has 0 unspecified atom stereocenters. The van der Waals surface area contributed by atoms with E-state index in [0.29, 0.717) is 13.2 Å². The maximum absolute atomic E-state index is 8.69. The minimum Gasteiger partial charge on any atom is -1.00 e. The molecule has 0 aromatic carbocycles. The quantitative estimate of drug-likeness (QED) is 0.362. The molecule has 4 heteroatoms. The zero-order valence-electron chi connectivity index (χ0n) is 12.2. The van der Waals surface area contributed by atoms with Gasteiger partial charge in [0.25, 0.3) is 0 Å². The number of aliphatic hydroxyl groups excluding tert-OH is 2. The number of quaternary nitrogens is 1. The van der Waals surface area contributed by atoms with Gasteiger partial charge in [-0.15, -0.1) is 0 Å². The molecule has 0 radical (unpaired) electrons. The van der Waals surface area contributed by atoms with Crippen LogP contribution in [-0.4, -0.2) is 55.1 Å². The van der Waals surface area contributed by atoms with E-state index in [1.165, 1.54) is 38.8 Å². The average Bonchev–Trinajstić information content (AvgIpc) is 2.28. The predicted octanol–water partition coefficient (Wildman–Crippen LogP) is -0.828. The normalized spacial score (nSPS) is 11.3. The predicted molar refractivity (Wildman–Crippen MR) is 73.0 cm³/mol. The van der Waals surface area contributed by atoms with Crippen molar-refractivity contribution in [2.45, 2.75) is 51.4 Å². The van der Waals surface area contributed by atoms with Gasteiger partial charge >= 0.3 is 0 Å².